The second-order valence-electron chi connectivity index (χ2n) is 3.71. The number of anilines is 1. The predicted octanol–water partition coefficient (Wildman–Crippen LogP) is 0.445. The van der Waals surface area contributed by atoms with Crippen LogP contribution in [0.2, 0.25) is 0 Å². The van der Waals surface area contributed by atoms with Gasteiger partial charge in [-0.15, -0.1) is 0 Å². The summed E-state index contributed by atoms with van der Waals surface area (Å²) in [7, 11) is 0. The van der Waals surface area contributed by atoms with Gasteiger partial charge < -0.3 is 15.2 Å². The van der Waals surface area contributed by atoms with Crippen LogP contribution in [0.15, 0.2) is 18.7 Å². The zero-order valence-corrected chi connectivity index (χ0v) is 10.7. The zero-order valence-electron chi connectivity index (χ0n) is 10.7. The van der Waals surface area contributed by atoms with E-state index in [2.05, 4.69) is 19.9 Å². The molecule has 0 fully saturated rings. The molecule has 0 amide bonds. The normalized spacial score (nSPS) is 10.6. The largest absolute Gasteiger partial charge is 0.461 e. The van der Waals surface area contributed by atoms with E-state index in [4.69, 9.17) is 15.2 Å². The number of rotatable bonds is 7. The van der Waals surface area contributed by atoms with Crippen LogP contribution in [0.5, 0.6) is 6.01 Å². The fourth-order valence-electron chi connectivity index (χ4n) is 1.36. The van der Waals surface area contributed by atoms with Gasteiger partial charge in [0.25, 0.3) is 0 Å². The van der Waals surface area contributed by atoms with Gasteiger partial charge in [-0.3, -0.25) is 4.57 Å². The van der Waals surface area contributed by atoms with Crippen molar-refractivity contribution in [2.75, 3.05) is 25.6 Å². The molecule has 8 nitrogen and oxygen atoms in total. The fourth-order valence-corrected chi connectivity index (χ4v) is 1.36. The maximum absolute atomic E-state index is 5.61. The lowest BCUT2D eigenvalue weighted by molar-refractivity contribution is 0.0971. The fraction of sp³-hybridized carbons (Fsp3) is 0.455. The second kappa shape index (κ2) is 6.64. The predicted molar refractivity (Wildman–Crippen MR) is 68.0 cm³/mol. The molecule has 0 unspecified atom stereocenters. The van der Waals surface area contributed by atoms with Gasteiger partial charge in [0.1, 0.15) is 12.9 Å². The molecule has 0 saturated carbocycles. The molecule has 2 heterocycles. The van der Waals surface area contributed by atoms with E-state index in [1.807, 2.05) is 6.92 Å². The molecule has 19 heavy (non-hydrogen) atoms. The highest BCUT2D eigenvalue weighted by Gasteiger charge is 2.06. The lowest BCUT2D eigenvalue weighted by Gasteiger charge is -2.07. The van der Waals surface area contributed by atoms with Gasteiger partial charge in [-0.1, -0.05) is 6.92 Å². The van der Waals surface area contributed by atoms with E-state index in [0.717, 1.165) is 6.42 Å². The van der Waals surface area contributed by atoms with E-state index >= 15 is 0 Å². The summed E-state index contributed by atoms with van der Waals surface area (Å²) in [5.74, 6) is 0.470. The Morgan fingerprint density at radius 3 is 2.84 bits per heavy atom. The molecule has 0 aliphatic heterocycles. The number of nitrogen functional groups attached to an aromatic ring is 1. The van der Waals surface area contributed by atoms with Crippen LogP contribution < -0.4 is 10.5 Å². The first-order chi connectivity index (χ1) is 9.29. The van der Waals surface area contributed by atoms with Crippen molar-refractivity contribution in [3.05, 3.63) is 18.7 Å². The second-order valence-corrected chi connectivity index (χ2v) is 3.71. The molecule has 0 aliphatic rings. The highest BCUT2D eigenvalue weighted by atomic mass is 16.5. The topological polar surface area (TPSA) is 101 Å². The minimum atomic E-state index is 0.100. The molecule has 0 bridgehead atoms. The SMILES string of the molecule is CCCOCCOc1nc(N)nc(-n2ccnc2)n1. The van der Waals surface area contributed by atoms with E-state index in [1.54, 1.807) is 23.3 Å². The van der Waals surface area contributed by atoms with Crippen molar-refractivity contribution in [2.45, 2.75) is 13.3 Å². The molecule has 8 heteroatoms. The summed E-state index contributed by atoms with van der Waals surface area (Å²) in [4.78, 5) is 16.0. The van der Waals surface area contributed by atoms with E-state index in [1.165, 1.54) is 0 Å². The summed E-state index contributed by atoms with van der Waals surface area (Å²) >= 11 is 0. The Labute approximate surface area is 110 Å². The standard InChI is InChI=1S/C11H16N6O2/c1-2-5-18-6-7-19-11-15-9(12)14-10(16-11)17-4-3-13-8-17/h3-4,8H,2,5-7H2,1H3,(H2,12,14,15,16). The van der Waals surface area contributed by atoms with Crippen molar-refractivity contribution in [1.29, 1.82) is 0 Å². The molecule has 0 aromatic carbocycles. The number of nitrogens with two attached hydrogens (primary N) is 1. The Kier molecular flexibility index (Phi) is 4.62. The van der Waals surface area contributed by atoms with Crippen LogP contribution in [0, 0.1) is 0 Å². The first kappa shape index (κ1) is 13.2. The van der Waals surface area contributed by atoms with Crippen molar-refractivity contribution in [2.24, 2.45) is 0 Å². The Morgan fingerprint density at radius 2 is 2.11 bits per heavy atom. The Hall–Kier alpha value is -2.22. The van der Waals surface area contributed by atoms with Gasteiger partial charge in [-0.2, -0.15) is 15.0 Å². The van der Waals surface area contributed by atoms with Crippen molar-refractivity contribution in [3.63, 3.8) is 0 Å². The summed E-state index contributed by atoms with van der Waals surface area (Å²) in [6.45, 7) is 3.61. The highest BCUT2D eigenvalue weighted by molar-refractivity contribution is 5.24. The summed E-state index contributed by atoms with van der Waals surface area (Å²) in [5.41, 5.74) is 5.61. The van der Waals surface area contributed by atoms with Crippen LogP contribution in [0.25, 0.3) is 5.95 Å². The Balaban J connectivity index is 1.97. The Bertz CT molecular complexity index is 502. The van der Waals surface area contributed by atoms with Crippen LogP contribution >= 0.6 is 0 Å². The van der Waals surface area contributed by atoms with Crippen LogP contribution in [-0.4, -0.2) is 44.3 Å². The van der Waals surface area contributed by atoms with Gasteiger partial charge in [-0.25, -0.2) is 4.98 Å². The molecule has 0 atom stereocenters. The molecule has 2 N–H and O–H groups in total. The average Bonchev–Trinajstić information content (AvgIpc) is 2.92. The minimum Gasteiger partial charge on any atom is -0.461 e. The van der Waals surface area contributed by atoms with Gasteiger partial charge in [-0.05, 0) is 6.42 Å². The van der Waals surface area contributed by atoms with Gasteiger partial charge in [0.15, 0.2) is 0 Å². The quantitative estimate of drug-likeness (QED) is 0.724. The smallest absolute Gasteiger partial charge is 0.323 e. The molecular weight excluding hydrogens is 248 g/mol. The van der Waals surface area contributed by atoms with Crippen LogP contribution in [0.4, 0.5) is 5.95 Å². The van der Waals surface area contributed by atoms with Crippen LogP contribution in [0.1, 0.15) is 13.3 Å². The van der Waals surface area contributed by atoms with Gasteiger partial charge in [0, 0.05) is 19.0 Å². The number of ether oxygens (including phenoxy) is 2. The number of hydrogen-bond donors (Lipinski definition) is 1. The summed E-state index contributed by atoms with van der Waals surface area (Å²) in [6, 6.07) is 0.177. The number of nitrogens with zero attached hydrogens (tertiary/aromatic N) is 5. The molecule has 2 aromatic heterocycles. The Morgan fingerprint density at radius 1 is 1.21 bits per heavy atom. The number of imidazole rings is 1. The average molecular weight is 264 g/mol. The van der Waals surface area contributed by atoms with Crippen molar-refractivity contribution in [1.82, 2.24) is 24.5 Å². The lowest BCUT2D eigenvalue weighted by atomic mass is 10.5. The molecule has 2 aromatic rings. The molecule has 0 saturated heterocycles. The highest BCUT2D eigenvalue weighted by Crippen LogP contribution is 2.08. The van der Waals surface area contributed by atoms with Gasteiger partial charge in [0.05, 0.1) is 6.61 Å². The van der Waals surface area contributed by atoms with Gasteiger partial charge in [0.2, 0.25) is 11.9 Å². The van der Waals surface area contributed by atoms with Crippen molar-refractivity contribution < 1.29 is 9.47 Å². The van der Waals surface area contributed by atoms with Crippen molar-refractivity contribution in [3.8, 4) is 12.0 Å². The van der Waals surface area contributed by atoms with Crippen molar-refractivity contribution >= 4 is 5.95 Å². The first-order valence-electron chi connectivity index (χ1n) is 6.00. The van der Waals surface area contributed by atoms with Crippen LogP contribution in [-0.2, 0) is 4.74 Å². The molecule has 2 rings (SSSR count). The third-order valence-corrected chi connectivity index (χ3v) is 2.16. The number of aromatic nitrogens is 5. The maximum Gasteiger partial charge on any atom is 0.323 e. The van der Waals surface area contributed by atoms with E-state index in [9.17, 15) is 0 Å². The molecule has 102 valence electrons. The molecule has 0 aliphatic carbocycles. The lowest BCUT2D eigenvalue weighted by Crippen LogP contribution is -2.12. The maximum atomic E-state index is 5.61. The monoisotopic (exact) mass is 264 g/mol. The molecule has 0 spiro atoms. The third-order valence-electron chi connectivity index (χ3n) is 2.16. The third kappa shape index (κ3) is 3.88. The van der Waals surface area contributed by atoms with E-state index < -0.39 is 0 Å². The number of hydrogen-bond acceptors (Lipinski definition) is 7. The van der Waals surface area contributed by atoms with Gasteiger partial charge >= 0.3 is 6.01 Å². The minimum absolute atomic E-state index is 0.100. The molecule has 0 radical (unpaired) electrons. The zero-order chi connectivity index (χ0) is 13.5. The summed E-state index contributed by atoms with van der Waals surface area (Å²) < 4.78 is 12.3. The molecular formula is C11H16N6O2. The summed E-state index contributed by atoms with van der Waals surface area (Å²) in [6.07, 6.45) is 5.88. The van der Waals surface area contributed by atoms with E-state index in [0.29, 0.717) is 25.8 Å². The van der Waals surface area contributed by atoms with E-state index in [-0.39, 0.29) is 12.0 Å². The first-order valence-corrected chi connectivity index (χ1v) is 6.00. The van der Waals surface area contributed by atoms with Crippen LogP contribution in [0.3, 0.4) is 0 Å². The summed E-state index contributed by atoms with van der Waals surface area (Å²) in [5, 5.41) is 0.